The maximum absolute atomic E-state index is 12.3. The minimum atomic E-state index is -0.354. The molecule has 1 fully saturated rings. The average Bonchev–Trinajstić information content (AvgIpc) is 3.06. The molecule has 0 N–H and O–H groups in total. The molecular weight excluding hydrogens is 288 g/mol. The molecule has 1 aliphatic rings. The lowest BCUT2D eigenvalue weighted by molar-refractivity contribution is 0.103. The Morgan fingerprint density at radius 1 is 1.09 bits per heavy atom. The summed E-state index contributed by atoms with van der Waals surface area (Å²) in [4.78, 5) is 13.9. The second kappa shape index (κ2) is 6.97. The summed E-state index contributed by atoms with van der Waals surface area (Å²) < 4.78 is 5.37. The van der Waals surface area contributed by atoms with Crippen molar-refractivity contribution < 1.29 is 9.53 Å². The van der Waals surface area contributed by atoms with Crippen LogP contribution >= 0.6 is 0 Å². The summed E-state index contributed by atoms with van der Waals surface area (Å²) in [5.74, 6) is -0.146. The van der Waals surface area contributed by atoms with Crippen LogP contribution in [0.2, 0.25) is 0 Å². The fourth-order valence-electron chi connectivity index (χ4n) is 2.93. The molecule has 0 saturated carbocycles. The molecule has 23 heavy (non-hydrogen) atoms. The molecule has 4 nitrogen and oxygen atoms in total. The highest BCUT2D eigenvalue weighted by Crippen LogP contribution is 2.32. The Labute approximate surface area is 135 Å². The van der Waals surface area contributed by atoms with Gasteiger partial charge in [-0.2, -0.15) is 5.26 Å². The van der Waals surface area contributed by atoms with Crippen LogP contribution in [0.15, 0.2) is 60.7 Å². The van der Waals surface area contributed by atoms with E-state index in [1.807, 2.05) is 60.7 Å². The minimum Gasteiger partial charge on any atom is -0.445 e. The van der Waals surface area contributed by atoms with Gasteiger partial charge >= 0.3 is 6.09 Å². The zero-order chi connectivity index (χ0) is 16.1. The van der Waals surface area contributed by atoms with Crippen molar-refractivity contribution in [2.45, 2.75) is 12.5 Å². The number of nitriles is 1. The molecule has 0 unspecified atom stereocenters. The Morgan fingerprint density at radius 3 is 2.39 bits per heavy atom. The topological polar surface area (TPSA) is 53.3 Å². The first-order valence-corrected chi connectivity index (χ1v) is 7.68. The number of rotatable bonds is 3. The number of ether oxygens (including phenoxy) is 1. The molecule has 2 aromatic carbocycles. The third-order valence-electron chi connectivity index (χ3n) is 4.18. The van der Waals surface area contributed by atoms with Crippen LogP contribution in [0, 0.1) is 17.2 Å². The lowest BCUT2D eigenvalue weighted by atomic mass is 9.90. The first-order valence-electron chi connectivity index (χ1n) is 7.68. The predicted octanol–water partition coefficient (Wildman–Crippen LogP) is 3.56. The standard InChI is InChI=1S/C19H18N2O2/c20-11-17-12-21(13-18(17)16-9-5-2-6-10-16)19(22)23-14-15-7-3-1-4-8-15/h1-10,17-18H,12-14H2/t17-,18+/m0/s1. The first-order chi connectivity index (χ1) is 11.3. The van der Waals surface area contributed by atoms with Gasteiger partial charge in [-0.25, -0.2) is 4.79 Å². The van der Waals surface area contributed by atoms with Gasteiger partial charge in [0.15, 0.2) is 0 Å². The molecular formula is C19H18N2O2. The third kappa shape index (κ3) is 3.51. The van der Waals surface area contributed by atoms with Crippen molar-refractivity contribution in [1.82, 2.24) is 4.90 Å². The highest BCUT2D eigenvalue weighted by atomic mass is 16.6. The van der Waals surface area contributed by atoms with E-state index in [2.05, 4.69) is 6.07 Å². The van der Waals surface area contributed by atoms with Crippen LogP contribution in [0.3, 0.4) is 0 Å². The number of nitrogens with zero attached hydrogens (tertiary/aromatic N) is 2. The normalized spacial score (nSPS) is 20.0. The summed E-state index contributed by atoms with van der Waals surface area (Å²) >= 11 is 0. The molecule has 1 amide bonds. The Hall–Kier alpha value is -2.80. The van der Waals surface area contributed by atoms with Gasteiger partial charge in [-0.15, -0.1) is 0 Å². The van der Waals surface area contributed by atoms with Crippen molar-refractivity contribution in [2.75, 3.05) is 13.1 Å². The van der Waals surface area contributed by atoms with Crippen molar-refractivity contribution in [2.24, 2.45) is 5.92 Å². The van der Waals surface area contributed by atoms with Gasteiger partial charge in [0.25, 0.3) is 0 Å². The van der Waals surface area contributed by atoms with Gasteiger partial charge in [0.2, 0.25) is 0 Å². The second-order valence-electron chi connectivity index (χ2n) is 5.70. The maximum Gasteiger partial charge on any atom is 0.410 e. The number of hydrogen-bond acceptors (Lipinski definition) is 3. The van der Waals surface area contributed by atoms with Crippen LogP contribution in [0.4, 0.5) is 4.79 Å². The summed E-state index contributed by atoms with van der Waals surface area (Å²) in [5, 5.41) is 9.38. The molecule has 1 aliphatic heterocycles. The van der Waals surface area contributed by atoms with Gasteiger partial charge in [0, 0.05) is 19.0 Å². The van der Waals surface area contributed by atoms with Crippen LogP contribution in [0.1, 0.15) is 17.0 Å². The summed E-state index contributed by atoms with van der Waals surface area (Å²) in [5.41, 5.74) is 2.05. The Morgan fingerprint density at radius 2 is 1.74 bits per heavy atom. The Bertz CT molecular complexity index is 694. The van der Waals surface area contributed by atoms with Crippen molar-refractivity contribution in [3.8, 4) is 6.07 Å². The second-order valence-corrected chi connectivity index (χ2v) is 5.70. The van der Waals surface area contributed by atoms with Gasteiger partial charge < -0.3 is 9.64 Å². The van der Waals surface area contributed by atoms with Gasteiger partial charge in [-0.05, 0) is 11.1 Å². The Kier molecular flexibility index (Phi) is 4.58. The third-order valence-corrected chi connectivity index (χ3v) is 4.18. The van der Waals surface area contributed by atoms with Crippen LogP contribution in [-0.2, 0) is 11.3 Å². The lowest BCUT2D eigenvalue weighted by Gasteiger charge is -2.16. The van der Waals surface area contributed by atoms with Gasteiger partial charge in [-0.1, -0.05) is 60.7 Å². The van der Waals surface area contributed by atoms with Crippen LogP contribution < -0.4 is 0 Å². The fraction of sp³-hybridized carbons (Fsp3) is 0.263. The SMILES string of the molecule is N#C[C@H]1CN(C(=O)OCc2ccccc2)C[C@@H]1c1ccccc1. The van der Waals surface area contributed by atoms with Crippen molar-refractivity contribution in [3.63, 3.8) is 0 Å². The van der Waals surface area contributed by atoms with E-state index >= 15 is 0 Å². The van der Waals surface area contributed by atoms with E-state index in [1.165, 1.54) is 0 Å². The quantitative estimate of drug-likeness (QED) is 0.871. The molecule has 2 aromatic rings. The van der Waals surface area contributed by atoms with Gasteiger partial charge in [-0.3, -0.25) is 0 Å². The summed E-state index contributed by atoms with van der Waals surface area (Å²) in [6.45, 7) is 1.20. The van der Waals surface area contributed by atoms with Crippen LogP contribution in [0.5, 0.6) is 0 Å². The smallest absolute Gasteiger partial charge is 0.410 e. The number of benzene rings is 2. The zero-order valence-electron chi connectivity index (χ0n) is 12.8. The number of carbonyl (C=O) groups excluding carboxylic acids is 1. The number of amides is 1. The van der Waals surface area contributed by atoms with E-state index in [0.717, 1.165) is 11.1 Å². The highest BCUT2D eigenvalue weighted by Gasteiger charge is 2.36. The molecule has 1 saturated heterocycles. The fourth-order valence-corrected chi connectivity index (χ4v) is 2.93. The van der Waals surface area contributed by atoms with E-state index in [-0.39, 0.29) is 24.5 Å². The minimum absolute atomic E-state index is 0.0467. The van der Waals surface area contributed by atoms with Crippen molar-refractivity contribution in [3.05, 3.63) is 71.8 Å². The molecule has 0 radical (unpaired) electrons. The monoisotopic (exact) mass is 306 g/mol. The largest absolute Gasteiger partial charge is 0.445 e. The molecule has 4 heteroatoms. The Balaban J connectivity index is 1.63. The number of carbonyl (C=O) groups is 1. The molecule has 1 heterocycles. The van der Waals surface area contributed by atoms with E-state index in [4.69, 9.17) is 4.74 Å². The lowest BCUT2D eigenvalue weighted by Crippen LogP contribution is -2.29. The molecule has 116 valence electrons. The van der Waals surface area contributed by atoms with E-state index in [0.29, 0.717) is 13.1 Å². The molecule has 0 bridgehead atoms. The molecule has 0 aromatic heterocycles. The van der Waals surface area contributed by atoms with Gasteiger partial charge in [0.1, 0.15) is 6.61 Å². The maximum atomic E-state index is 12.3. The summed E-state index contributed by atoms with van der Waals surface area (Å²) in [7, 11) is 0. The molecule has 2 atom stereocenters. The summed E-state index contributed by atoms with van der Waals surface area (Å²) in [6.07, 6.45) is -0.354. The predicted molar refractivity (Wildman–Crippen MR) is 86.5 cm³/mol. The van der Waals surface area contributed by atoms with Crippen LogP contribution in [0.25, 0.3) is 0 Å². The molecule has 0 spiro atoms. The van der Waals surface area contributed by atoms with E-state index < -0.39 is 0 Å². The summed E-state index contributed by atoms with van der Waals surface area (Å²) in [6, 6.07) is 21.8. The molecule has 0 aliphatic carbocycles. The molecule has 3 rings (SSSR count). The van der Waals surface area contributed by atoms with Crippen LogP contribution in [-0.4, -0.2) is 24.1 Å². The zero-order valence-corrected chi connectivity index (χ0v) is 12.8. The first kappa shape index (κ1) is 15.1. The average molecular weight is 306 g/mol. The highest BCUT2D eigenvalue weighted by molar-refractivity contribution is 5.68. The van der Waals surface area contributed by atoms with E-state index in [1.54, 1.807) is 4.90 Å². The van der Waals surface area contributed by atoms with Crippen molar-refractivity contribution >= 4 is 6.09 Å². The number of likely N-dealkylation sites (tertiary alicyclic amines) is 1. The van der Waals surface area contributed by atoms with Gasteiger partial charge in [0.05, 0.1) is 12.0 Å². The van der Waals surface area contributed by atoms with E-state index in [9.17, 15) is 10.1 Å². The van der Waals surface area contributed by atoms with Crippen molar-refractivity contribution in [1.29, 1.82) is 5.26 Å². The number of hydrogen-bond donors (Lipinski definition) is 0.